The minimum Gasteiger partial charge on any atom is -0.329 e. The van der Waals surface area contributed by atoms with Crippen LogP contribution in [0.25, 0.3) is 0 Å². The van der Waals surface area contributed by atoms with Gasteiger partial charge < -0.3 is 11.5 Å². The van der Waals surface area contributed by atoms with E-state index in [0.29, 0.717) is 5.56 Å². The zero-order valence-electron chi connectivity index (χ0n) is 7.25. The molecule has 0 aliphatic rings. The van der Waals surface area contributed by atoms with E-state index in [4.69, 9.17) is 11.5 Å². The molecule has 1 aromatic heterocycles. The zero-order chi connectivity index (χ0) is 10.8. The van der Waals surface area contributed by atoms with Gasteiger partial charge in [0.05, 0.1) is 0 Å². The maximum absolute atomic E-state index is 12.1. The minimum atomic E-state index is -4.41. The van der Waals surface area contributed by atoms with E-state index in [0.717, 1.165) is 12.3 Å². The van der Waals surface area contributed by atoms with E-state index in [2.05, 4.69) is 4.98 Å². The molecule has 0 fully saturated rings. The maximum Gasteiger partial charge on any atom is 0.433 e. The van der Waals surface area contributed by atoms with Gasteiger partial charge in [-0.05, 0) is 11.6 Å². The number of hydrogen-bond donors (Lipinski definition) is 2. The van der Waals surface area contributed by atoms with Crippen LogP contribution in [0.1, 0.15) is 17.3 Å². The highest BCUT2D eigenvalue weighted by atomic mass is 19.4. The molecule has 1 aromatic rings. The van der Waals surface area contributed by atoms with Crippen LogP contribution in [-0.4, -0.2) is 11.5 Å². The fourth-order valence-corrected chi connectivity index (χ4v) is 0.928. The van der Waals surface area contributed by atoms with E-state index in [1.54, 1.807) is 0 Å². The van der Waals surface area contributed by atoms with Crippen LogP contribution >= 0.6 is 0 Å². The molecule has 0 saturated carbocycles. The summed E-state index contributed by atoms with van der Waals surface area (Å²) in [6.07, 6.45) is -3.31. The molecule has 0 unspecified atom stereocenters. The highest BCUT2D eigenvalue weighted by Gasteiger charge is 2.32. The van der Waals surface area contributed by atoms with Gasteiger partial charge >= 0.3 is 6.18 Å². The number of aromatic nitrogens is 1. The van der Waals surface area contributed by atoms with Crippen molar-refractivity contribution in [3.63, 3.8) is 0 Å². The molecule has 4 N–H and O–H groups in total. The zero-order valence-corrected chi connectivity index (χ0v) is 7.25. The number of nitrogens with zero attached hydrogens (tertiary/aromatic N) is 1. The fraction of sp³-hybridized carbons (Fsp3) is 0.375. The molecule has 0 aliphatic carbocycles. The van der Waals surface area contributed by atoms with E-state index in [-0.39, 0.29) is 6.54 Å². The first-order valence-electron chi connectivity index (χ1n) is 3.94. The van der Waals surface area contributed by atoms with Crippen LogP contribution in [0.4, 0.5) is 13.2 Å². The second-order valence-corrected chi connectivity index (χ2v) is 2.82. The second kappa shape index (κ2) is 3.93. The van der Waals surface area contributed by atoms with Gasteiger partial charge in [-0.1, -0.05) is 6.07 Å². The highest BCUT2D eigenvalue weighted by Crippen LogP contribution is 2.27. The van der Waals surface area contributed by atoms with Gasteiger partial charge in [-0.3, -0.25) is 4.98 Å². The highest BCUT2D eigenvalue weighted by molar-refractivity contribution is 5.19. The molecule has 3 nitrogen and oxygen atoms in total. The lowest BCUT2D eigenvalue weighted by molar-refractivity contribution is -0.141. The topological polar surface area (TPSA) is 64.9 Å². The smallest absolute Gasteiger partial charge is 0.329 e. The molecular formula is C8H10F3N3. The van der Waals surface area contributed by atoms with Gasteiger partial charge in [0.2, 0.25) is 0 Å². The quantitative estimate of drug-likeness (QED) is 0.758. The van der Waals surface area contributed by atoms with Crippen molar-refractivity contribution in [2.24, 2.45) is 11.5 Å². The Morgan fingerprint density at radius 3 is 2.36 bits per heavy atom. The summed E-state index contributed by atoms with van der Waals surface area (Å²) < 4.78 is 36.3. The molecule has 0 aliphatic heterocycles. The summed E-state index contributed by atoms with van der Waals surface area (Å²) >= 11 is 0. The van der Waals surface area contributed by atoms with Crippen LogP contribution in [0.15, 0.2) is 18.3 Å². The molecule has 6 heteroatoms. The third-order valence-corrected chi connectivity index (χ3v) is 1.76. The summed E-state index contributed by atoms with van der Waals surface area (Å²) in [6, 6.07) is 1.71. The SMILES string of the molecule is NC[C@H](N)c1ccc(C(F)(F)F)nc1. The molecule has 0 saturated heterocycles. The van der Waals surface area contributed by atoms with Gasteiger partial charge in [0.15, 0.2) is 0 Å². The molecular weight excluding hydrogens is 195 g/mol. The van der Waals surface area contributed by atoms with Crippen molar-refractivity contribution in [2.75, 3.05) is 6.54 Å². The van der Waals surface area contributed by atoms with Crippen molar-refractivity contribution in [1.82, 2.24) is 4.98 Å². The average Bonchev–Trinajstić information content (AvgIpc) is 2.15. The van der Waals surface area contributed by atoms with E-state index in [1.165, 1.54) is 6.07 Å². The van der Waals surface area contributed by atoms with Crippen LogP contribution in [0.5, 0.6) is 0 Å². The van der Waals surface area contributed by atoms with Gasteiger partial charge in [-0.25, -0.2) is 0 Å². The molecule has 1 rings (SSSR count). The first kappa shape index (κ1) is 10.9. The Hall–Kier alpha value is -1.14. The molecule has 14 heavy (non-hydrogen) atoms. The molecule has 0 radical (unpaired) electrons. The Balaban J connectivity index is 2.89. The van der Waals surface area contributed by atoms with Crippen molar-refractivity contribution in [3.05, 3.63) is 29.6 Å². The van der Waals surface area contributed by atoms with Crippen LogP contribution in [0.3, 0.4) is 0 Å². The van der Waals surface area contributed by atoms with Crippen LogP contribution in [0.2, 0.25) is 0 Å². The predicted octanol–water partition coefficient (Wildman–Crippen LogP) is 1.06. The third-order valence-electron chi connectivity index (χ3n) is 1.76. The van der Waals surface area contributed by atoms with Gasteiger partial charge in [-0.2, -0.15) is 13.2 Å². The molecule has 1 atom stereocenters. The number of pyridine rings is 1. The predicted molar refractivity (Wildman–Crippen MR) is 45.2 cm³/mol. The summed E-state index contributed by atoms with van der Waals surface area (Å²) in [5.74, 6) is 0. The molecule has 0 aromatic carbocycles. The van der Waals surface area contributed by atoms with Crippen LogP contribution < -0.4 is 11.5 Å². The number of nitrogens with two attached hydrogens (primary N) is 2. The average molecular weight is 205 g/mol. The van der Waals surface area contributed by atoms with Gasteiger partial charge in [-0.15, -0.1) is 0 Å². The third kappa shape index (κ3) is 2.43. The van der Waals surface area contributed by atoms with Gasteiger partial charge in [0, 0.05) is 18.8 Å². The Bertz CT molecular complexity index is 294. The molecule has 0 amide bonds. The number of alkyl halides is 3. The maximum atomic E-state index is 12.1. The van der Waals surface area contributed by atoms with E-state index >= 15 is 0 Å². The van der Waals surface area contributed by atoms with Gasteiger partial charge in [0.25, 0.3) is 0 Å². The summed E-state index contributed by atoms with van der Waals surface area (Å²) in [5.41, 5.74) is 10.3. The summed E-state index contributed by atoms with van der Waals surface area (Å²) in [6.45, 7) is 0.174. The largest absolute Gasteiger partial charge is 0.433 e. The lowest BCUT2D eigenvalue weighted by atomic mass is 10.1. The van der Waals surface area contributed by atoms with E-state index in [9.17, 15) is 13.2 Å². The first-order valence-corrected chi connectivity index (χ1v) is 3.94. The number of rotatable bonds is 2. The molecule has 78 valence electrons. The van der Waals surface area contributed by atoms with E-state index < -0.39 is 17.9 Å². The lowest BCUT2D eigenvalue weighted by Gasteiger charge is -2.10. The molecule has 0 spiro atoms. The Morgan fingerprint density at radius 2 is 2.00 bits per heavy atom. The molecule has 0 bridgehead atoms. The Morgan fingerprint density at radius 1 is 1.36 bits per heavy atom. The number of halogens is 3. The normalized spacial score (nSPS) is 14.1. The second-order valence-electron chi connectivity index (χ2n) is 2.82. The molecule has 1 heterocycles. The first-order chi connectivity index (χ1) is 6.45. The van der Waals surface area contributed by atoms with Crippen molar-refractivity contribution >= 4 is 0 Å². The summed E-state index contributed by atoms with van der Waals surface area (Å²) in [7, 11) is 0. The van der Waals surface area contributed by atoms with Crippen molar-refractivity contribution in [1.29, 1.82) is 0 Å². The number of hydrogen-bond acceptors (Lipinski definition) is 3. The Kier molecular flexibility index (Phi) is 3.07. The Labute approximate surface area is 78.9 Å². The van der Waals surface area contributed by atoms with Crippen molar-refractivity contribution < 1.29 is 13.2 Å². The lowest BCUT2D eigenvalue weighted by Crippen LogP contribution is -2.21. The van der Waals surface area contributed by atoms with Crippen molar-refractivity contribution in [2.45, 2.75) is 12.2 Å². The summed E-state index contributed by atoms with van der Waals surface area (Å²) in [4.78, 5) is 3.26. The van der Waals surface area contributed by atoms with Crippen LogP contribution in [-0.2, 0) is 6.18 Å². The van der Waals surface area contributed by atoms with Crippen LogP contribution in [0, 0.1) is 0 Å². The summed E-state index contributed by atoms with van der Waals surface area (Å²) in [5, 5.41) is 0. The van der Waals surface area contributed by atoms with E-state index in [1.807, 2.05) is 0 Å². The fourth-order valence-electron chi connectivity index (χ4n) is 0.928. The van der Waals surface area contributed by atoms with Crippen molar-refractivity contribution in [3.8, 4) is 0 Å². The van der Waals surface area contributed by atoms with Gasteiger partial charge in [0.1, 0.15) is 5.69 Å². The standard InChI is InChI=1S/C8H10F3N3/c9-8(10,11)7-2-1-5(4-14-7)6(13)3-12/h1-2,4,6H,3,12-13H2/t6-/m0/s1. The minimum absolute atomic E-state index is 0.174. The monoisotopic (exact) mass is 205 g/mol.